The first-order chi connectivity index (χ1) is 7.49. The van der Waals surface area contributed by atoms with Crippen LogP contribution in [0.1, 0.15) is 12.0 Å². The van der Waals surface area contributed by atoms with Crippen molar-refractivity contribution in [3.63, 3.8) is 0 Å². The molecule has 1 rings (SSSR count). The van der Waals surface area contributed by atoms with Gasteiger partial charge in [0.05, 0.1) is 5.75 Å². The number of benzene rings is 1. The van der Waals surface area contributed by atoms with Crippen LogP contribution in [0.3, 0.4) is 0 Å². The van der Waals surface area contributed by atoms with E-state index >= 15 is 0 Å². The topological polar surface area (TPSA) is 66.4 Å². The number of hydrogen-bond donors (Lipinski definition) is 2. The van der Waals surface area contributed by atoms with Crippen LogP contribution in [0.15, 0.2) is 36.9 Å². The zero-order chi connectivity index (χ0) is 12.0. The molecule has 0 spiro atoms. The third-order valence-electron chi connectivity index (χ3n) is 2.04. The molecule has 0 atom stereocenters. The summed E-state index contributed by atoms with van der Waals surface area (Å²) in [6, 6.07) is 9.55. The monoisotopic (exact) mass is 241 g/mol. The highest BCUT2D eigenvalue weighted by Crippen LogP contribution is 2.07. The van der Waals surface area contributed by atoms with E-state index in [-0.39, 0.29) is 5.75 Å². The van der Waals surface area contributed by atoms with E-state index in [0.717, 1.165) is 11.3 Å². The Hall–Kier alpha value is -1.33. The van der Waals surface area contributed by atoms with E-state index in [0.29, 0.717) is 13.0 Å². The highest BCUT2D eigenvalue weighted by Gasteiger charge is 2.03. The van der Waals surface area contributed by atoms with Gasteiger partial charge in [0.2, 0.25) is 0 Å². The minimum atomic E-state index is -3.86. The van der Waals surface area contributed by atoms with Crippen LogP contribution >= 0.6 is 0 Å². The zero-order valence-corrected chi connectivity index (χ0v) is 9.70. The van der Waals surface area contributed by atoms with Crippen LogP contribution in [-0.2, 0) is 10.1 Å². The molecule has 5 heteroatoms. The second kappa shape index (κ2) is 5.67. The molecule has 16 heavy (non-hydrogen) atoms. The molecule has 0 aromatic heterocycles. The third kappa shape index (κ3) is 4.95. The van der Waals surface area contributed by atoms with E-state index in [4.69, 9.17) is 4.55 Å². The molecule has 0 aliphatic carbocycles. The van der Waals surface area contributed by atoms with E-state index in [1.54, 1.807) is 0 Å². The van der Waals surface area contributed by atoms with E-state index in [2.05, 4.69) is 11.9 Å². The van der Waals surface area contributed by atoms with Gasteiger partial charge in [0.15, 0.2) is 0 Å². The molecule has 1 aromatic carbocycles. The first-order valence-corrected chi connectivity index (χ1v) is 6.53. The second-order valence-corrected chi connectivity index (χ2v) is 4.98. The summed E-state index contributed by atoms with van der Waals surface area (Å²) in [4.78, 5) is 0. The normalized spacial score (nSPS) is 11.1. The van der Waals surface area contributed by atoms with Gasteiger partial charge in [-0.1, -0.05) is 36.9 Å². The smallest absolute Gasteiger partial charge is 0.264 e. The van der Waals surface area contributed by atoms with Gasteiger partial charge in [-0.3, -0.25) is 4.55 Å². The van der Waals surface area contributed by atoms with Gasteiger partial charge in [0.1, 0.15) is 0 Å². The van der Waals surface area contributed by atoms with Gasteiger partial charge in [0.25, 0.3) is 10.1 Å². The molecule has 4 nitrogen and oxygen atoms in total. The molecule has 0 aliphatic heterocycles. The lowest BCUT2D eigenvalue weighted by Crippen LogP contribution is -2.16. The highest BCUT2D eigenvalue weighted by molar-refractivity contribution is 7.85. The molecule has 2 N–H and O–H groups in total. The minimum Gasteiger partial charge on any atom is -0.385 e. The molecular weight excluding hydrogens is 226 g/mol. The molecule has 0 saturated heterocycles. The molecular formula is C11H15NO3S. The predicted octanol–water partition coefficient (Wildman–Crippen LogP) is 1.52. The average Bonchev–Trinajstić information content (AvgIpc) is 2.24. The lowest BCUT2D eigenvalue weighted by Gasteiger charge is -2.08. The van der Waals surface area contributed by atoms with Crippen molar-refractivity contribution < 1.29 is 13.0 Å². The van der Waals surface area contributed by atoms with Crippen LogP contribution < -0.4 is 5.32 Å². The summed E-state index contributed by atoms with van der Waals surface area (Å²) in [5.41, 5.74) is 1.71. The fraction of sp³-hybridized carbons (Fsp3) is 0.273. The van der Waals surface area contributed by atoms with Gasteiger partial charge in [-0.2, -0.15) is 8.42 Å². The van der Waals surface area contributed by atoms with Crippen molar-refractivity contribution >= 4 is 15.8 Å². The third-order valence-corrected chi connectivity index (χ3v) is 2.84. The number of hydrogen-bond acceptors (Lipinski definition) is 3. The van der Waals surface area contributed by atoms with Crippen LogP contribution in [0, 0.1) is 0 Å². The number of nitrogens with one attached hydrogen (secondary N) is 1. The van der Waals surface area contributed by atoms with Crippen LogP contribution in [0.5, 0.6) is 0 Å². The summed E-state index contributed by atoms with van der Waals surface area (Å²) < 4.78 is 29.4. The standard InChI is InChI=1S/C11H15NO3S/c1-10(11-6-3-2-4-7-11)12-8-5-9-16(13,14)15/h2-4,6-7,12H,1,5,8-9H2,(H,13,14,15). The molecule has 1 aromatic rings. The van der Waals surface area contributed by atoms with Gasteiger partial charge < -0.3 is 5.32 Å². The summed E-state index contributed by atoms with van der Waals surface area (Å²) in [6.45, 7) is 4.30. The van der Waals surface area contributed by atoms with Crippen molar-refractivity contribution in [3.8, 4) is 0 Å². The molecule has 0 saturated carbocycles. The van der Waals surface area contributed by atoms with E-state index in [1.165, 1.54) is 0 Å². The maximum Gasteiger partial charge on any atom is 0.264 e. The Labute approximate surface area is 95.7 Å². The highest BCUT2D eigenvalue weighted by atomic mass is 32.2. The first-order valence-electron chi connectivity index (χ1n) is 4.92. The molecule has 0 unspecified atom stereocenters. The first kappa shape index (κ1) is 12.7. The maximum atomic E-state index is 10.5. The van der Waals surface area contributed by atoms with Crippen molar-refractivity contribution in [2.45, 2.75) is 6.42 Å². The van der Waals surface area contributed by atoms with Crippen molar-refractivity contribution in [2.75, 3.05) is 12.3 Å². The van der Waals surface area contributed by atoms with Crippen molar-refractivity contribution in [1.82, 2.24) is 5.32 Å². The second-order valence-electron chi connectivity index (χ2n) is 3.41. The zero-order valence-electron chi connectivity index (χ0n) is 8.89. The lowest BCUT2D eigenvalue weighted by molar-refractivity contribution is 0.481. The van der Waals surface area contributed by atoms with Crippen molar-refractivity contribution in [1.29, 1.82) is 0 Å². The lowest BCUT2D eigenvalue weighted by atomic mass is 10.2. The number of rotatable bonds is 6. The molecule has 88 valence electrons. The van der Waals surface area contributed by atoms with E-state index < -0.39 is 10.1 Å². The van der Waals surface area contributed by atoms with Crippen LogP contribution in [0.2, 0.25) is 0 Å². The van der Waals surface area contributed by atoms with Gasteiger partial charge in [-0.15, -0.1) is 0 Å². The Morgan fingerprint density at radius 1 is 1.31 bits per heavy atom. The fourth-order valence-corrected chi connectivity index (χ4v) is 1.74. The van der Waals surface area contributed by atoms with Crippen molar-refractivity contribution in [2.24, 2.45) is 0 Å². The van der Waals surface area contributed by atoms with E-state index in [1.807, 2.05) is 30.3 Å². The predicted molar refractivity (Wildman–Crippen MR) is 64.5 cm³/mol. The van der Waals surface area contributed by atoms with Gasteiger partial charge in [-0.25, -0.2) is 0 Å². The quantitative estimate of drug-likeness (QED) is 0.585. The summed E-state index contributed by atoms with van der Waals surface area (Å²) >= 11 is 0. The Bertz CT molecular complexity index is 440. The van der Waals surface area contributed by atoms with Gasteiger partial charge in [0, 0.05) is 12.2 Å². The molecule has 0 heterocycles. The molecule has 0 aliphatic rings. The summed E-state index contributed by atoms with van der Waals surface area (Å²) in [7, 11) is -3.86. The van der Waals surface area contributed by atoms with Crippen LogP contribution in [-0.4, -0.2) is 25.3 Å². The van der Waals surface area contributed by atoms with Crippen LogP contribution in [0.4, 0.5) is 0 Å². The summed E-state index contributed by atoms with van der Waals surface area (Å²) in [5.74, 6) is -0.234. The fourth-order valence-electron chi connectivity index (χ4n) is 1.24. The Balaban J connectivity index is 2.32. The van der Waals surface area contributed by atoms with Gasteiger partial charge >= 0.3 is 0 Å². The summed E-state index contributed by atoms with van der Waals surface area (Å²) in [5, 5.41) is 3.00. The van der Waals surface area contributed by atoms with Crippen LogP contribution in [0.25, 0.3) is 5.70 Å². The minimum absolute atomic E-state index is 0.234. The van der Waals surface area contributed by atoms with Crippen molar-refractivity contribution in [3.05, 3.63) is 42.5 Å². The van der Waals surface area contributed by atoms with E-state index in [9.17, 15) is 8.42 Å². The Kier molecular flexibility index (Phi) is 4.52. The summed E-state index contributed by atoms with van der Waals surface area (Å²) in [6.07, 6.45) is 0.352. The Morgan fingerprint density at radius 3 is 2.50 bits per heavy atom. The molecule has 0 fully saturated rings. The Morgan fingerprint density at radius 2 is 1.94 bits per heavy atom. The van der Waals surface area contributed by atoms with Gasteiger partial charge in [-0.05, 0) is 12.0 Å². The molecule has 0 radical (unpaired) electrons. The maximum absolute atomic E-state index is 10.5. The average molecular weight is 241 g/mol. The largest absolute Gasteiger partial charge is 0.385 e. The SMILES string of the molecule is C=C(NCCCS(=O)(=O)O)c1ccccc1. The molecule has 0 amide bonds. The molecule has 0 bridgehead atoms.